The van der Waals surface area contributed by atoms with E-state index in [2.05, 4.69) is 29.6 Å². The number of nitrogens with one attached hydrogen (secondary N) is 1. The molecule has 2 fully saturated rings. The standard InChI is InChI=1S/C21H32N2O2/c1-21(2,3)25-20(24)23-13-12-18(14-23)19(22-4)17-10-8-16(9-11-17)15-6-5-7-15/h8-11,15,18-19,22H,5-7,12-14H2,1-4H3. The van der Waals surface area contributed by atoms with E-state index < -0.39 is 5.60 Å². The van der Waals surface area contributed by atoms with Gasteiger partial charge in [0.1, 0.15) is 5.60 Å². The summed E-state index contributed by atoms with van der Waals surface area (Å²) in [4.78, 5) is 14.1. The van der Waals surface area contributed by atoms with Crippen molar-refractivity contribution in [2.75, 3.05) is 20.1 Å². The van der Waals surface area contributed by atoms with Crippen LogP contribution in [0, 0.1) is 5.92 Å². The fourth-order valence-electron chi connectivity index (χ4n) is 3.94. The van der Waals surface area contributed by atoms with Crippen LogP contribution in [0.15, 0.2) is 24.3 Å². The van der Waals surface area contributed by atoms with E-state index in [0.717, 1.165) is 25.4 Å². The van der Waals surface area contributed by atoms with Crippen LogP contribution in [0.25, 0.3) is 0 Å². The molecule has 0 aromatic heterocycles. The summed E-state index contributed by atoms with van der Waals surface area (Å²) in [5.41, 5.74) is 2.36. The van der Waals surface area contributed by atoms with Crippen molar-refractivity contribution in [1.82, 2.24) is 10.2 Å². The molecule has 1 saturated carbocycles. The normalized spacial score (nSPS) is 22.6. The van der Waals surface area contributed by atoms with Gasteiger partial charge in [-0.25, -0.2) is 4.79 Å². The second-order valence-electron chi connectivity index (χ2n) is 8.54. The predicted molar refractivity (Wildman–Crippen MR) is 101 cm³/mol. The highest BCUT2D eigenvalue weighted by molar-refractivity contribution is 5.68. The molecular weight excluding hydrogens is 312 g/mol. The summed E-state index contributed by atoms with van der Waals surface area (Å²) in [6.45, 7) is 7.28. The lowest BCUT2D eigenvalue weighted by molar-refractivity contribution is 0.0285. The van der Waals surface area contributed by atoms with Crippen molar-refractivity contribution in [3.05, 3.63) is 35.4 Å². The smallest absolute Gasteiger partial charge is 0.410 e. The van der Waals surface area contributed by atoms with Gasteiger partial charge in [-0.15, -0.1) is 0 Å². The fourth-order valence-corrected chi connectivity index (χ4v) is 3.94. The molecular formula is C21H32N2O2. The Balaban J connectivity index is 1.62. The summed E-state index contributed by atoms with van der Waals surface area (Å²) in [7, 11) is 2.01. The first kappa shape index (κ1) is 18.2. The highest BCUT2D eigenvalue weighted by Gasteiger charge is 2.34. The number of likely N-dealkylation sites (tertiary alicyclic amines) is 1. The maximum absolute atomic E-state index is 12.3. The van der Waals surface area contributed by atoms with Gasteiger partial charge in [0.15, 0.2) is 0 Å². The molecule has 1 amide bonds. The maximum atomic E-state index is 12.3. The number of nitrogens with zero attached hydrogens (tertiary/aromatic N) is 1. The zero-order valence-electron chi connectivity index (χ0n) is 16.0. The average Bonchev–Trinajstić information content (AvgIpc) is 2.96. The van der Waals surface area contributed by atoms with E-state index >= 15 is 0 Å². The molecule has 2 aliphatic rings. The van der Waals surface area contributed by atoms with Crippen LogP contribution in [-0.4, -0.2) is 36.7 Å². The van der Waals surface area contributed by atoms with Crippen molar-refractivity contribution in [3.8, 4) is 0 Å². The molecule has 2 atom stereocenters. The van der Waals surface area contributed by atoms with Crippen LogP contribution in [0.2, 0.25) is 0 Å². The number of carbonyl (C=O) groups excluding carboxylic acids is 1. The molecule has 1 aromatic rings. The minimum atomic E-state index is -0.436. The van der Waals surface area contributed by atoms with E-state index in [9.17, 15) is 4.79 Å². The van der Waals surface area contributed by atoms with Gasteiger partial charge in [0.05, 0.1) is 0 Å². The third kappa shape index (κ3) is 4.35. The summed E-state index contributed by atoms with van der Waals surface area (Å²) in [6.07, 6.45) is 4.86. The zero-order valence-corrected chi connectivity index (χ0v) is 16.0. The molecule has 25 heavy (non-hydrogen) atoms. The Kier molecular flexibility index (Phi) is 5.38. The van der Waals surface area contributed by atoms with Crippen molar-refractivity contribution in [1.29, 1.82) is 0 Å². The molecule has 138 valence electrons. The van der Waals surface area contributed by atoms with Crippen molar-refractivity contribution < 1.29 is 9.53 Å². The van der Waals surface area contributed by atoms with Gasteiger partial charge in [-0.3, -0.25) is 0 Å². The van der Waals surface area contributed by atoms with E-state index in [0.29, 0.717) is 5.92 Å². The first-order valence-corrected chi connectivity index (χ1v) is 9.62. The summed E-state index contributed by atoms with van der Waals surface area (Å²) < 4.78 is 5.52. The Hall–Kier alpha value is -1.55. The van der Waals surface area contributed by atoms with Gasteiger partial charge in [0.2, 0.25) is 0 Å². The van der Waals surface area contributed by atoms with Crippen molar-refractivity contribution in [3.63, 3.8) is 0 Å². The zero-order chi connectivity index (χ0) is 18.0. The quantitative estimate of drug-likeness (QED) is 0.876. The average molecular weight is 344 g/mol. The fraction of sp³-hybridized carbons (Fsp3) is 0.667. The summed E-state index contributed by atoms with van der Waals surface area (Å²) in [6, 6.07) is 9.41. The van der Waals surface area contributed by atoms with Crippen LogP contribution in [0.4, 0.5) is 4.79 Å². The molecule has 0 radical (unpaired) electrons. The number of carbonyl (C=O) groups is 1. The maximum Gasteiger partial charge on any atom is 0.410 e. The van der Waals surface area contributed by atoms with Crippen LogP contribution >= 0.6 is 0 Å². The van der Waals surface area contributed by atoms with Crippen LogP contribution in [0.5, 0.6) is 0 Å². The number of benzene rings is 1. The van der Waals surface area contributed by atoms with Crippen LogP contribution < -0.4 is 5.32 Å². The largest absolute Gasteiger partial charge is 0.444 e. The number of amides is 1. The molecule has 1 saturated heterocycles. The number of rotatable bonds is 4. The van der Waals surface area contributed by atoms with E-state index in [-0.39, 0.29) is 12.1 Å². The number of hydrogen-bond acceptors (Lipinski definition) is 3. The molecule has 1 aliphatic heterocycles. The molecule has 1 N–H and O–H groups in total. The highest BCUT2D eigenvalue weighted by Crippen LogP contribution is 2.37. The molecule has 1 aliphatic carbocycles. The monoisotopic (exact) mass is 344 g/mol. The highest BCUT2D eigenvalue weighted by atomic mass is 16.6. The van der Waals surface area contributed by atoms with Crippen molar-refractivity contribution in [2.24, 2.45) is 5.92 Å². The Morgan fingerprint density at radius 3 is 2.40 bits per heavy atom. The van der Waals surface area contributed by atoms with E-state index in [1.54, 1.807) is 0 Å². The van der Waals surface area contributed by atoms with Gasteiger partial charge in [-0.05, 0) is 70.0 Å². The Morgan fingerprint density at radius 2 is 1.88 bits per heavy atom. The SMILES string of the molecule is CNC(c1ccc(C2CCC2)cc1)C1CCN(C(=O)OC(C)(C)C)C1. The molecule has 0 bridgehead atoms. The second-order valence-corrected chi connectivity index (χ2v) is 8.54. The first-order chi connectivity index (χ1) is 11.9. The molecule has 4 heteroatoms. The number of ether oxygens (including phenoxy) is 1. The van der Waals surface area contributed by atoms with Gasteiger partial charge in [0.25, 0.3) is 0 Å². The van der Waals surface area contributed by atoms with Crippen LogP contribution in [0.3, 0.4) is 0 Å². The van der Waals surface area contributed by atoms with Crippen LogP contribution in [-0.2, 0) is 4.74 Å². The Bertz CT molecular complexity index is 587. The molecule has 2 unspecified atom stereocenters. The minimum absolute atomic E-state index is 0.190. The summed E-state index contributed by atoms with van der Waals surface area (Å²) >= 11 is 0. The molecule has 1 aromatic carbocycles. The Labute approximate surface area is 151 Å². The third-order valence-corrected chi connectivity index (χ3v) is 5.53. The van der Waals surface area contributed by atoms with E-state index in [1.807, 2.05) is 32.7 Å². The molecule has 0 spiro atoms. The topological polar surface area (TPSA) is 41.6 Å². The predicted octanol–water partition coefficient (Wildman–Crippen LogP) is 4.47. The lowest BCUT2D eigenvalue weighted by Gasteiger charge is -2.28. The Morgan fingerprint density at radius 1 is 1.20 bits per heavy atom. The molecule has 4 nitrogen and oxygen atoms in total. The lowest BCUT2D eigenvalue weighted by atomic mass is 9.79. The van der Waals surface area contributed by atoms with Gasteiger partial charge < -0.3 is 15.0 Å². The lowest BCUT2D eigenvalue weighted by Crippen LogP contribution is -2.36. The van der Waals surface area contributed by atoms with Gasteiger partial charge in [0, 0.05) is 19.1 Å². The van der Waals surface area contributed by atoms with Crippen LogP contribution in [0.1, 0.15) is 69.5 Å². The van der Waals surface area contributed by atoms with Gasteiger partial charge in [-0.2, -0.15) is 0 Å². The minimum Gasteiger partial charge on any atom is -0.444 e. The van der Waals surface area contributed by atoms with Crippen molar-refractivity contribution >= 4 is 6.09 Å². The summed E-state index contributed by atoms with van der Waals surface area (Å²) in [5.74, 6) is 1.20. The van der Waals surface area contributed by atoms with Gasteiger partial charge in [-0.1, -0.05) is 30.7 Å². The molecule has 1 heterocycles. The first-order valence-electron chi connectivity index (χ1n) is 9.62. The summed E-state index contributed by atoms with van der Waals surface area (Å²) in [5, 5.41) is 3.47. The third-order valence-electron chi connectivity index (χ3n) is 5.53. The van der Waals surface area contributed by atoms with E-state index in [4.69, 9.17) is 4.74 Å². The van der Waals surface area contributed by atoms with Gasteiger partial charge >= 0.3 is 6.09 Å². The number of hydrogen-bond donors (Lipinski definition) is 1. The van der Waals surface area contributed by atoms with E-state index in [1.165, 1.54) is 30.4 Å². The van der Waals surface area contributed by atoms with Crippen molar-refractivity contribution in [2.45, 2.75) is 64.0 Å². The molecule has 3 rings (SSSR count). The second kappa shape index (κ2) is 7.36.